The minimum Gasteiger partial charge on any atom is -0.497 e. The van der Waals surface area contributed by atoms with Gasteiger partial charge < -0.3 is 4.74 Å². The summed E-state index contributed by atoms with van der Waals surface area (Å²) < 4.78 is 4.80. The molecule has 0 aromatic heterocycles. The number of ether oxygens (including phenoxy) is 1. The smallest absolute Gasteiger partial charge is 0.106 e. The van der Waals surface area contributed by atoms with Crippen molar-refractivity contribution in [3.63, 3.8) is 0 Å². The summed E-state index contributed by atoms with van der Waals surface area (Å²) in [6, 6.07) is 20.8. The molecule has 0 spiro atoms. The van der Waals surface area contributed by atoms with Crippen LogP contribution < -0.4 is 0 Å². The Morgan fingerprint density at radius 2 is 1.25 bits per heavy atom. The van der Waals surface area contributed by atoms with Gasteiger partial charge in [-0.1, -0.05) is 64.1 Å². The highest BCUT2D eigenvalue weighted by molar-refractivity contribution is 8.76. The van der Waals surface area contributed by atoms with Gasteiger partial charge in [-0.3, -0.25) is 0 Å². The molecule has 102 valence electrons. The summed E-state index contributed by atoms with van der Waals surface area (Å²) in [5, 5.41) is 0. The van der Waals surface area contributed by atoms with E-state index in [1.807, 2.05) is 30.4 Å². The number of hydrogen-bond acceptors (Lipinski definition) is 3. The van der Waals surface area contributed by atoms with Crippen LogP contribution in [0, 0.1) is 0 Å². The van der Waals surface area contributed by atoms with Gasteiger partial charge in [0.2, 0.25) is 0 Å². The molecule has 0 saturated heterocycles. The van der Waals surface area contributed by atoms with Gasteiger partial charge in [-0.2, -0.15) is 0 Å². The molecule has 0 fully saturated rings. The molecule has 2 aromatic rings. The van der Waals surface area contributed by atoms with Gasteiger partial charge in [0.25, 0.3) is 0 Å². The Bertz CT molecular complexity index is 484. The van der Waals surface area contributed by atoms with Gasteiger partial charge in [0.15, 0.2) is 0 Å². The van der Waals surface area contributed by atoms with Crippen LogP contribution in [0.1, 0.15) is 0 Å². The molecule has 3 rings (SSSR count). The Hall–Kier alpha value is -1.58. The Morgan fingerprint density at radius 1 is 0.700 bits per heavy atom. The highest BCUT2D eigenvalue weighted by Gasteiger charge is 1.94. The van der Waals surface area contributed by atoms with Crippen molar-refractivity contribution in [2.75, 3.05) is 6.61 Å². The zero-order valence-electron chi connectivity index (χ0n) is 11.0. The van der Waals surface area contributed by atoms with Crippen LogP contribution in [-0.4, -0.2) is 6.61 Å². The van der Waals surface area contributed by atoms with E-state index in [0.717, 1.165) is 6.61 Å². The molecule has 3 heteroatoms. The fourth-order valence-electron chi connectivity index (χ4n) is 1.39. The lowest BCUT2D eigenvalue weighted by Gasteiger charge is -1.99. The van der Waals surface area contributed by atoms with E-state index in [9.17, 15) is 0 Å². The maximum absolute atomic E-state index is 4.80. The molecular formula is C17H16OS2. The molecule has 2 aromatic carbocycles. The lowest BCUT2D eigenvalue weighted by atomic mass is 10.4. The van der Waals surface area contributed by atoms with Gasteiger partial charge >= 0.3 is 0 Å². The van der Waals surface area contributed by atoms with E-state index in [1.54, 1.807) is 27.8 Å². The van der Waals surface area contributed by atoms with Crippen molar-refractivity contribution >= 4 is 21.6 Å². The first-order valence-electron chi connectivity index (χ1n) is 6.33. The Kier molecular flexibility index (Phi) is 6.92. The van der Waals surface area contributed by atoms with Crippen molar-refractivity contribution in [1.82, 2.24) is 0 Å². The monoisotopic (exact) mass is 300 g/mol. The lowest BCUT2D eigenvalue weighted by molar-refractivity contribution is 0.286. The minimum atomic E-state index is 0.733. The molecule has 0 unspecified atom stereocenters. The third-order valence-electron chi connectivity index (χ3n) is 2.33. The Labute approximate surface area is 128 Å². The van der Waals surface area contributed by atoms with Crippen molar-refractivity contribution in [2.24, 2.45) is 0 Å². The summed E-state index contributed by atoms with van der Waals surface area (Å²) in [5.41, 5.74) is 0. The van der Waals surface area contributed by atoms with E-state index in [-0.39, 0.29) is 0 Å². The number of benzene rings is 2. The Morgan fingerprint density at radius 3 is 1.55 bits per heavy atom. The first-order valence-corrected chi connectivity index (χ1v) is 8.48. The summed E-state index contributed by atoms with van der Waals surface area (Å²) in [4.78, 5) is 2.59. The average Bonchev–Trinajstić information content (AvgIpc) is 2.57. The SMILES string of the molecule is C1=CCOC=C1.c1ccc(SSc2ccccc2)cc1. The first kappa shape index (κ1) is 14.8. The normalized spacial score (nSPS) is 12.2. The largest absolute Gasteiger partial charge is 0.497 e. The van der Waals surface area contributed by atoms with E-state index in [2.05, 4.69) is 48.5 Å². The second kappa shape index (κ2) is 9.34. The lowest BCUT2D eigenvalue weighted by Crippen LogP contribution is -1.82. The molecule has 0 bridgehead atoms. The van der Waals surface area contributed by atoms with Crippen LogP contribution in [0.15, 0.2) is 94.9 Å². The van der Waals surface area contributed by atoms with Crippen LogP contribution >= 0.6 is 21.6 Å². The summed E-state index contributed by atoms with van der Waals surface area (Å²) >= 11 is 0. The molecule has 20 heavy (non-hydrogen) atoms. The average molecular weight is 300 g/mol. The maximum atomic E-state index is 4.80. The highest BCUT2D eigenvalue weighted by Crippen LogP contribution is 2.36. The van der Waals surface area contributed by atoms with Crippen LogP contribution in [0.2, 0.25) is 0 Å². The van der Waals surface area contributed by atoms with Crippen LogP contribution in [0.4, 0.5) is 0 Å². The maximum Gasteiger partial charge on any atom is 0.106 e. The fraction of sp³-hybridized carbons (Fsp3) is 0.0588. The van der Waals surface area contributed by atoms with E-state index in [0.29, 0.717) is 0 Å². The summed E-state index contributed by atoms with van der Waals surface area (Å²) in [5.74, 6) is 0. The molecule has 0 aliphatic carbocycles. The zero-order chi connectivity index (χ0) is 13.9. The molecule has 1 aliphatic rings. The van der Waals surface area contributed by atoms with Crippen LogP contribution in [0.3, 0.4) is 0 Å². The first-order chi connectivity index (χ1) is 9.95. The van der Waals surface area contributed by atoms with E-state index < -0.39 is 0 Å². The van der Waals surface area contributed by atoms with Gasteiger partial charge in [-0.05, 0) is 36.4 Å². The van der Waals surface area contributed by atoms with Gasteiger partial charge in [-0.15, -0.1) is 0 Å². The number of allylic oxidation sites excluding steroid dienone is 2. The van der Waals surface area contributed by atoms with Crippen molar-refractivity contribution in [2.45, 2.75) is 9.79 Å². The number of hydrogen-bond donors (Lipinski definition) is 0. The van der Waals surface area contributed by atoms with Crippen LogP contribution in [0.25, 0.3) is 0 Å². The highest BCUT2D eigenvalue weighted by atomic mass is 33.1. The van der Waals surface area contributed by atoms with Gasteiger partial charge in [0, 0.05) is 9.79 Å². The molecule has 0 amide bonds. The molecular weight excluding hydrogens is 284 g/mol. The molecule has 1 aliphatic heterocycles. The van der Waals surface area contributed by atoms with Crippen LogP contribution in [0.5, 0.6) is 0 Å². The molecule has 0 radical (unpaired) electrons. The molecule has 1 heterocycles. The standard InChI is InChI=1S/C12H10S2.C5H6O/c1-3-7-11(8-4-1)13-14-12-9-5-2-6-10-12;1-2-4-6-5-3-1/h1-10H;1-4H,5H2. The summed E-state index contributed by atoms with van der Waals surface area (Å²) in [7, 11) is 3.58. The van der Waals surface area contributed by atoms with Crippen molar-refractivity contribution < 1.29 is 4.74 Å². The minimum absolute atomic E-state index is 0.733. The van der Waals surface area contributed by atoms with Gasteiger partial charge in [0.1, 0.15) is 6.61 Å². The topological polar surface area (TPSA) is 9.23 Å². The van der Waals surface area contributed by atoms with Gasteiger partial charge in [0.05, 0.1) is 6.26 Å². The number of rotatable bonds is 3. The predicted octanol–water partition coefficient (Wildman–Crippen LogP) is 5.57. The third kappa shape index (κ3) is 6.04. The second-order valence-corrected chi connectivity index (χ2v) is 6.16. The summed E-state index contributed by atoms with van der Waals surface area (Å²) in [6.07, 6.45) is 7.47. The molecule has 0 saturated carbocycles. The Balaban J connectivity index is 0.000000205. The van der Waals surface area contributed by atoms with Gasteiger partial charge in [-0.25, -0.2) is 0 Å². The molecule has 0 N–H and O–H groups in total. The van der Waals surface area contributed by atoms with Crippen molar-refractivity contribution in [1.29, 1.82) is 0 Å². The third-order valence-corrected chi connectivity index (χ3v) is 4.75. The molecule has 0 atom stereocenters. The molecule has 1 nitrogen and oxygen atoms in total. The van der Waals surface area contributed by atoms with E-state index in [4.69, 9.17) is 4.74 Å². The predicted molar refractivity (Wildman–Crippen MR) is 88.8 cm³/mol. The van der Waals surface area contributed by atoms with Crippen molar-refractivity contribution in [3.8, 4) is 0 Å². The second-order valence-electron chi connectivity index (χ2n) is 3.88. The fourth-order valence-corrected chi connectivity index (χ4v) is 3.37. The van der Waals surface area contributed by atoms with E-state index in [1.165, 1.54) is 9.79 Å². The summed E-state index contributed by atoms with van der Waals surface area (Å²) in [6.45, 7) is 0.733. The van der Waals surface area contributed by atoms with Crippen LogP contribution in [-0.2, 0) is 4.74 Å². The quantitative estimate of drug-likeness (QED) is 0.686. The van der Waals surface area contributed by atoms with E-state index >= 15 is 0 Å². The zero-order valence-corrected chi connectivity index (χ0v) is 12.6. The van der Waals surface area contributed by atoms with Crippen molar-refractivity contribution in [3.05, 3.63) is 85.2 Å².